The number of hydrogen-bond acceptors (Lipinski definition) is 6. The fourth-order valence-electron chi connectivity index (χ4n) is 1.29. The summed E-state index contributed by atoms with van der Waals surface area (Å²) in [6, 6.07) is -0.887. The number of ether oxygens (including phenoxy) is 2. The molecule has 106 valence electrons. The van der Waals surface area contributed by atoms with Gasteiger partial charge in [-0.2, -0.15) is 0 Å². The van der Waals surface area contributed by atoms with Crippen molar-refractivity contribution in [2.45, 2.75) is 39.0 Å². The zero-order valence-corrected chi connectivity index (χ0v) is 11.4. The Morgan fingerprint density at radius 3 is 2.58 bits per heavy atom. The highest BCUT2D eigenvalue weighted by atomic mass is 16.6. The minimum absolute atomic E-state index is 0.117. The molecule has 0 aromatic carbocycles. The lowest BCUT2D eigenvalue weighted by molar-refractivity contribution is -0.143. The quantitative estimate of drug-likeness (QED) is 0.793. The van der Waals surface area contributed by atoms with Gasteiger partial charge in [0.15, 0.2) is 0 Å². The number of amides is 1. The fourth-order valence-corrected chi connectivity index (χ4v) is 1.29. The third-order valence-corrected chi connectivity index (χ3v) is 2.02. The van der Waals surface area contributed by atoms with Gasteiger partial charge >= 0.3 is 12.1 Å². The zero-order valence-electron chi connectivity index (χ0n) is 11.4. The van der Waals surface area contributed by atoms with Crippen LogP contribution in [0.2, 0.25) is 0 Å². The van der Waals surface area contributed by atoms with Gasteiger partial charge in [-0.1, -0.05) is 5.21 Å². The highest BCUT2D eigenvalue weighted by Crippen LogP contribution is 2.07. The summed E-state index contributed by atoms with van der Waals surface area (Å²) in [4.78, 5) is 23.2. The SMILES string of the molecule is COC(=O)[C@H](Cn1ccnn1)NC(=O)OC(C)(C)C. The highest BCUT2D eigenvalue weighted by Gasteiger charge is 2.25. The van der Waals surface area contributed by atoms with E-state index in [0.717, 1.165) is 0 Å². The van der Waals surface area contributed by atoms with Crippen LogP contribution in [-0.2, 0) is 20.8 Å². The molecule has 1 heterocycles. The van der Waals surface area contributed by atoms with E-state index in [2.05, 4.69) is 20.4 Å². The first kappa shape index (κ1) is 14.9. The topological polar surface area (TPSA) is 95.3 Å². The van der Waals surface area contributed by atoms with Crippen molar-refractivity contribution in [2.75, 3.05) is 7.11 Å². The van der Waals surface area contributed by atoms with Crippen LogP contribution in [0.1, 0.15) is 20.8 Å². The number of esters is 1. The molecule has 0 aliphatic heterocycles. The molecule has 0 spiro atoms. The van der Waals surface area contributed by atoms with Crippen LogP contribution in [-0.4, -0.2) is 45.8 Å². The van der Waals surface area contributed by atoms with Gasteiger partial charge in [-0.25, -0.2) is 14.3 Å². The van der Waals surface area contributed by atoms with Crippen LogP contribution in [0, 0.1) is 0 Å². The first-order valence-electron chi connectivity index (χ1n) is 5.73. The molecule has 1 atom stereocenters. The summed E-state index contributed by atoms with van der Waals surface area (Å²) >= 11 is 0. The molecule has 0 saturated carbocycles. The maximum absolute atomic E-state index is 11.6. The van der Waals surface area contributed by atoms with Crippen LogP contribution in [0.5, 0.6) is 0 Å². The van der Waals surface area contributed by atoms with Crippen LogP contribution < -0.4 is 5.32 Å². The van der Waals surface area contributed by atoms with Crippen molar-refractivity contribution in [1.29, 1.82) is 0 Å². The molecule has 8 nitrogen and oxygen atoms in total. The smallest absolute Gasteiger partial charge is 0.408 e. The van der Waals surface area contributed by atoms with E-state index in [0.29, 0.717) is 0 Å². The summed E-state index contributed by atoms with van der Waals surface area (Å²) < 4.78 is 11.1. The largest absolute Gasteiger partial charge is 0.467 e. The maximum atomic E-state index is 11.6. The number of methoxy groups -OCH3 is 1. The monoisotopic (exact) mass is 270 g/mol. The Hall–Kier alpha value is -2.12. The van der Waals surface area contributed by atoms with E-state index in [1.54, 1.807) is 27.0 Å². The number of nitrogens with zero attached hydrogens (tertiary/aromatic N) is 3. The van der Waals surface area contributed by atoms with Crippen molar-refractivity contribution in [3.8, 4) is 0 Å². The second-order valence-electron chi connectivity index (χ2n) is 4.85. The van der Waals surface area contributed by atoms with E-state index >= 15 is 0 Å². The first-order chi connectivity index (χ1) is 8.81. The van der Waals surface area contributed by atoms with Crippen LogP contribution in [0.4, 0.5) is 4.79 Å². The minimum Gasteiger partial charge on any atom is -0.467 e. The normalized spacial score (nSPS) is 12.6. The van der Waals surface area contributed by atoms with Gasteiger partial charge in [-0.3, -0.25) is 0 Å². The number of carbonyl (C=O) groups is 2. The van der Waals surface area contributed by atoms with Crippen LogP contribution in [0.3, 0.4) is 0 Å². The molecular weight excluding hydrogens is 252 g/mol. The summed E-state index contributed by atoms with van der Waals surface area (Å²) in [5, 5.41) is 9.78. The minimum atomic E-state index is -0.887. The van der Waals surface area contributed by atoms with Gasteiger partial charge in [0, 0.05) is 6.20 Å². The maximum Gasteiger partial charge on any atom is 0.408 e. The molecule has 1 aromatic heterocycles. The van der Waals surface area contributed by atoms with Gasteiger partial charge < -0.3 is 14.8 Å². The van der Waals surface area contributed by atoms with E-state index in [9.17, 15) is 9.59 Å². The van der Waals surface area contributed by atoms with Crippen molar-refractivity contribution >= 4 is 12.1 Å². The number of carbonyl (C=O) groups excluding carboxylic acids is 2. The number of aromatic nitrogens is 3. The molecule has 1 aromatic rings. The number of alkyl carbamates (subject to hydrolysis) is 1. The first-order valence-corrected chi connectivity index (χ1v) is 5.73. The van der Waals surface area contributed by atoms with E-state index in [1.165, 1.54) is 18.0 Å². The molecule has 1 amide bonds. The molecule has 8 heteroatoms. The standard InChI is InChI=1S/C11H18N4O4/c1-11(2,3)19-10(17)13-8(9(16)18-4)7-15-6-5-12-14-15/h5-6,8H,7H2,1-4H3,(H,13,17)/t8-/m0/s1. The van der Waals surface area contributed by atoms with E-state index in [-0.39, 0.29) is 6.54 Å². The van der Waals surface area contributed by atoms with Crippen molar-refractivity contribution in [2.24, 2.45) is 0 Å². The number of rotatable bonds is 4. The third kappa shape index (κ3) is 5.36. The fraction of sp³-hybridized carbons (Fsp3) is 0.636. The van der Waals surface area contributed by atoms with Crippen molar-refractivity contribution in [1.82, 2.24) is 20.3 Å². The lowest BCUT2D eigenvalue weighted by atomic mass is 10.2. The summed E-state index contributed by atoms with van der Waals surface area (Å²) in [5.41, 5.74) is -0.641. The Kier molecular flexibility index (Phi) is 4.85. The third-order valence-electron chi connectivity index (χ3n) is 2.02. The van der Waals surface area contributed by atoms with Gasteiger partial charge in [0.05, 0.1) is 19.9 Å². The average Bonchev–Trinajstić information content (AvgIpc) is 2.77. The molecule has 1 rings (SSSR count). The molecule has 0 unspecified atom stereocenters. The van der Waals surface area contributed by atoms with E-state index in [1.807, 2.05) is 0 Å². The van der Waals surface area contributed by atoms with Gasteiger partial charge in [0.2, 0.25) is 0 Å². The summed E-state index contributed by atoms with van der Waals surface area (Å²) in [5.74, 6) is -0.582. The Balaban J connectivity index is 2.65. The van der Waals surface area contributed by atoms with Gasteiger partial charge in [-0.15, -0.1) is 5.10 Å². The molecular formula is C11H18N4O4. The van der Waals surface area contributed by atoms with Crippen molar-refractivity contribution in [3.05, 3.63) is 12.4 Å². The summed E-state index contributed by atoms with van der Waals surface area (Å²) in [6.45, 7) is 5.32. The molecule has 0 radical (unpaired) electrons. The average molecular weight is 270 g/mol. The van der Waals surface area contributed by atoms with Crippen LogP contribution in [0.25, 0.3) is 0 Å². The molecule has 0 fully saturated rings. The van der Waals surface area contributed by atoms with E-state index < -0.39 is 23.7 Å². The molecule has 0 aliphatic carbocycles. The van der Waals surface area contributed by atoms with Crippen molar-refractivity contribution < 1.29 is 19.1 Å². The molecule has 0 saturated heterocycles. The Labute approximate surface area is 111 Å². The second kappa shape index (κ2) is 6.17. The highest BCUT2D eigenvalue weighted by molar-refractivity contribution is 5.81. The van der Waals surface area contributed by atoms with Crippen molar-refractivity contribution in [3.63, 3.8) is 0 Å². The predicted molar refractivity (Wildman–Crippen MR) is 65.2 cm³/mol. The summed E-state index contributed by atoms with van der Waals surface area (Å²) in [6.07, 6.45) is 2.36. The van der Waals surface area contributed by atoms with Gasteiger partial charge in [0.1, 0.15) is 11.6 Å². The summed E-state index contributed by atoms with van der Waals surface area (Å²) in [7, 11) is 1.24. The lowest BCUT2D eigenvalue weighted by Gasteiger charge is -2.22. The van der Waals surface area contributed by atoms with Crippen LogP contribution in [0.15, 0.2) is 12.4 Å². The molecule has 0 aliphatic rings. The number of hydrogen-bond donors (Lipinski definition) is 1. The number of nitrogens with one attached hydrogen (secondary N) is 1. The Morgan fingerprint density at radius 2 is 2.11 bits per heavy atom. The van der Waals surface area contributed by atoms with Gasteiger partial charge in [-0.05, 0) is 20.8 Å². The van der Waals surface area contributed by atoms with Gasteiger partial charge in [0.25, 0.3) is 0 Å². The van der Waals surface area contributed by atoms with E-state index in [4.69, 9.17) is 4.74 Å². The Morgan fingerprint density at radius 1 is 1.42 bits per heavy atom. The molecule has 0 bridgehead atoms. The second-order valence-corrected chi connectivity index (χ2v) is 4.85. The predicted octanol–water partition coefficient (Wildman–Crippen LogP) is 0.344. The Bertz CT molecular complexity index is 424. The lowest BCUT2D eigenvalue weighted by Crippen LogP contribution is -2.46. The molecule has 1 N–H and O–H groups in total. The zero-order chi connectivity index (χ0) is 14.5. The molecule has 19 heavy (non-hydrogen) atoms. The van der Waals surface area contributed by atoms with Crippen LogP contribution >= 0.6 is 0 Å².